The molecule has 1 heterocycles. The first-order valence-electron chi connectivity index (χ1n) is 10.1. The van der Waals surface area contributed by atoms with E-state index >= 15 is 0 Å². The molecular weight excluding hydrogens is 366 g/mol. The number of nitrogens with zero attached hydrogens (tertiary/aromatic N) is 4. The molecule has 0 bridgehead atoms. The van der Waals surface area contributed by atoms with Crippen LogP contribution < -0.4 is 14.8 Å². The molecule has 0 radical (unpaired) electrons. The van der Waals surface area contributed by atoms with E-state index in [1.165, 1.54) is 5.56 Å². The Bertz CT molecular complexity index is 892. The van der Waals surface area contributed by atoms with Crippen molar-refractivity contribution in [2.75, 3.05) is 11.9 Å². The number of aromatic nitrogens is 4. The van der Waals surface area contributed by atoms with Gasteiger partial charge in [-0.25, -0.2) is 4.68 Å². The molecule has 1 aromatic heterocycles. The van der Waals surface area contributed by atoms with E-state index in [0.717, 1.165) is 42.0 Å². The van der Waals surface area contributed by atoms with Crippen LogP contribution in [0, 0.1) is 6.92 Å². The Kier molecular flexibility index (Phi) is 7.44. The molecule has 0 unspecified atom stereocenters. The summed E-state index contributed by atoms with van der Waals surface area (Å²) in [5.41, 5.74) is 3.34. The molecule has 0 spiro atoms. The van der Waals surface area contributed by atoms with Crippen LogP contribution in [0.5, 0.6) is 11.5 Å². The number of rotatable bonds is 11. The minimum Gasteiger partial charge on any atom is -0.490 e. The van der Waals surface area contributed by atoms with Gasteiger partial charge in [0.1, 0.15) is 6.61 Å². The second-order valence-electron chi connectivity index (χ2n) is 6.88. The van der Waals surface area contributed by atoms with Crippen molar-refractivity contribution in [2.45, 2.75) is 53.3 Å². The first kappa shape index (κ1) is 20.6. The van der Waals surface area contributed by atoms with E-state index in [0.29, 0.717) is 25.7 Å². The fourth-order valence-corrected chi connectivity index (χ4v) is 2.94. The lowest BCUT2D eigenvalue weighted by atomic mass is 10.1. The molecule has 0 saturated carbocycles. The van der Waals surface area contributed by atoms with Gasteiger partial charge in [0.05, 0.1) is 6.61 Å². The summed E-state index contributed by atoms with van der Waals surface area (Å²) in [4.78, 5) is 0. The Morgan fingerprint density at radius 3 is 2.62 bits per heavy atom. The lowest BCUT2D eigenvalue weighted by Gasteiger charge is -2.17. The van der Waals surface area contributed by atoms with Gasteiger partial charge in [0, 0.05) is 18.7 Å². The number of nitrogens with one attached hydrogen (secondary N) is 1. The van der Waals surface area contributed by atoms with Crippen molar-refractivity contribution < 1.29 is 9.47 Å². The summed E-state index contributed by atoms with van der Waals surface area (Å²) in [7, 11) is 0. The SMILES string of the molecule is CCCCn1nnnc1NCc1cccc(OCC)c1OCc1ccc(C)cc1. The fourth-order valence-electron chi connectivity index (χ4n) is 2.94. The Balaban J connectivity index is 1.74. The molecule has 7 nitrogen and oxygen atoms in total. The Morgan fingerprint density at radius 2 is 1.86 bits per heavy atom. The topological polar surface area (TPSA) is 74.1 Å². The van der Waals surface area contributed by atoms with Gasteiger partial charge in [-0.1, -0.05) is 60.4 Å². The first-order valence-corrected chi connectivity index (χ1v) is 10.1. The summed E-state index contributed by atoms with van der Waals surface area (Å²) >= 11 is 0. The van der Waals surface area contributed by atoms with Crippen LogP contribution in [0.15, 0.2) is 42.5 Å². The van der Waals surface area contributed by atoms with Gasteiger partial charge in [-0.15, -0.1) is 0 Å². The molecule has 3 rings (SSSR count). The molecular formula is C22H29N5O2. The average molecular weight is 396 g/mol. The third kappa shape index (κ3) is 5.70. The predicted octanol–water partition coefficient (Wildman–Crippen LogP) is 4.37. The quantitative estimate of drug-likeness (QED) is 0.520. The number of hydrogen-bond acceptors (Lipinski definition) is 6. The number of tetrazole rings is 1. The van der Waals surface area contributed by atoms with Crippen molar-refractivity contribution in [1.29, 1.82) is 0 Å². The van der Waals surface area contributed by atoms with Crippen molar-refractivity contribution in [3.05, 3.63) is 59.2 Å². The first-order chi connectivity index (χ1) is 14.2. The molecule has 3 aromatic rings. The summed E-state index contributed by atoms with van der Waals surface area (Å²) in [5, 5.41) is 15.3. The normalized spacial score (nSPS) is 10.7. The zero-order chi connectivity index (χ0) is 20.5. The molecule has 0 amide bonds. The van der Waals surface area contributed by atoms with E-state index in [2.05, 4.69) is 59.0 Å². The molecule has 7 heteroatoms. The maximum Gasteiger partial charge on any atom is 0.243 e. The highest BCUT2D eigenvalue weighted by Crippen LogP contribution is 2.32. The van der Waals surface area contributed by atoms with E-state index in [9.17, 15) is 0 Å². The van der Waals surface area contributed by atoms with Crippen LogP contribution >= 0.6 is 0 Å². The summed E-state index contributed by atoms with van der Waals surface area (Å²) in [6.07, 6.45) is 2.12. The second-order valence-corrected chi connectivity index (χ2v) is 6.88. The summed E-state index contributed by atoms with van der Waals surface area (Å²) in [5.74, 6) is 2.14. The third-order valence-electron chi connectivity index (χ3n) is 4.56. The van der Waals surface area contributed by atoms with Crippen LogP contribution in [-0.4, -0.2) is 26.8 Å². The number of anilines is 1. The lowest BCUT2D eigenvalue weighted by Crippen LogP contribution is -2.10. The minimum absolute atomic E-state index is 0.478. The monoisotopic (exact) mass is 395 g/mol. The van der Waals surface area contributed by atoms with Crippen molar-refractivity contribution in [1.82, 2.24) is 20.2 Å². The van der Waals surface area contributed by atoms with Crippen LogP contribution in [-0.2, 0) is 19.7 Å². The number of aryl methyl sites for hydroxylation is 2. The van der Waals surface area contributed by atoms with Crippen molar-refractivity contribution in [3.8, 4) is 11.5 Å². The number of ether oxygens (including phenoxy) is 2. The molecule has 29 heavy (non-hydrogen) atoms. The summed E-state index contributed by atoms with van der Waals surface area (Å²) in [6.45, 7) is 8.58. The Labute approximate surface area is 172 Å². The standard InChI is InChI=1S/C22H29N5O2/c1-4-6-14-27-22(24-25-26-27)23-15-19-8-7-9-20(28-5-2)21(19)29-16-18-12-10-17(3)11-13-18/h7-13H,4-6,14-16H2,1-3H3,(H,23,24,26). The van der Waals surface area contributed by atoms with E-state index < -0.39 is 0 Å². The van der Waals surface area contributed by atoms with E-state index in [-0.39, 0.29) is 0 Å². The Hall–Kier alpha value is -3.09. The second kappa shape index (κ2) is 10.5. The van der Waals surface area contributed by atoms with E-state index in [4.69, 9.17) is 9.47 Å². The molecule has 0 aliphatic heterocycles. The minimum atomic E-state index is 0.478. The van der Waals surface area contributed by atoms with Crippen molar-refractivity contribution >= 4 is 5.95 Å². The highest BCUT2D eigenvalue weighted by atomic mass is 16.5. The van der Waals surface area contributed by atoms with Gasteiger partial charge in [0.15, 0.2) is 11.5 Å². The molecule has 154 valence electrons. The molecule has 0 fully saturated rings. The number of para-hydroxylation sites is 1. The van der Waals surface area contributed by atoms with Gasteiger partial charge < -0.3 is 14.8 Å². The van der Waals surface area contributed by atoms with Crippen LogP contribution in [0.4, 0.5) is 5.95 Å². The predicted molar refractivity (Wildman–Crippen MR) is 113 cm³/mol. The van der Waals surface area contributed by atoms with Crippen LogP contribution in [0.25, 0.3) is 0 Å². The molecule has 1 N–H and O–H groups in total. The van der Waals surface area contributed by atoms with Crippen LogP contribution in [0.2, 0.25) is 0 Å². The molecule has 0 atom stereocenters. The third-order valence-corrected chi connectivity index (χ3v) is 4.56. The lowest BCUT2D eigenvalue weighted by molar-refractivity contribution is 0.267. The van der Waals surface area contributed by atoms with Gasteiger partial charge >= 0.3 is 0 Å². The summed E-state index contributed by atoms with van der Waals surface area (Å²) < 4.78 is 13.8. The molecule has 2 aromatic carbocycles. The van der Waals surface area contributed by atoms with Crippen LogP contribution in [0.3, 0.4) is 0 Å². The zero-order valence-corrected chi connectivity index (χ0v) is 17.4. The maximum absolute atomic E-state index is 6.19. The summed E-state index contributed by atoms with van der Waals surface area (Å²) in [6, 6.07) is 14.3. The zero-order valence-electron chi connectivity index (χ0n) is 17.4. The smallest absolute Gasteiger partial charge is 0.243 e. The van der Waals surface area contributed by atoms with Gasteiger partial charge in [-0.3, -0.25) is 0 Å². The number of hydrogen-bond donors (Lipinski definition) is 1. The van der Waals surface area contributed by atoms with Gasteiger partial charge in [-0.05, 0) is 42.3 Å². The maximum atomic E-state index is 6.19. The molecule has 0 saturated heterocycles. The van der Waals surface area contributed by atoms with Crippen molar-refractivity contribution in [3.63, 3.8) is 0 Å². The van der Waals surface area contributed by atoms with Gasteiger partial charge in [0.25, 0.3) is 0 Å². The largest absolute Gasteiger partial charge is 0.490 e. The highest BCUT2D eigenvalue weighted by Gasteiger charge is 2.13. The van der Waals surface area contributed by atoms with Gasteiger partial charge in [0.2, 0.25) is 5.95 Å². The number of unbranched alkanes of at least 4 members (excludes halogenated alkanes) is 1. The highest BCUT2D eigenvalue weighted by molar-refractivity contribution is 5.48. The number of benzene rings is 2. The van der Waals surface area contributed by atoms with E-state index in [1.54, 1.807) is 4.68 Å². The average Bonchev–Trinajstić information content (AvgIpc) is 3.18. The van der Waals surface area contributed by atoms with Crippen LogP contribution in [0.1, 0.15) is 43.4 Å². The van der Waals surface area contributed by atoms with E-state index in [1.807, 2.05) is 25.1 Å². The fraction of sp³-hybridized carbons (Fsp3) is 0.409. The molecule has 0 aliphatic carbocycles. The Morgan fingerprint density at radius 1 is 1.03 bits per heavy atom. The van der Waals surface area contributed by atoms with Gasteiger partial charge in [-0.2, -0.15) is 0 Å². The van der Waals surface area contributed by atoms with Crippen molar-refractivity contribution in [2.24, 2.45) is 0 Å². The molecule has 0 aliphatic rings.